The van der Waals surface area contributed by atoms with Crippen LogP contribution in [0.3, 0.4) is 0 Å². The van der Waals surface area contributed by atoms with Gasteiger partial charge in [-0.15, -0.1) is 5.10 Å². The average molecular weight is 262 g/mol. The second-order valence-corrected chi connectivity index (χ2v) is 4.09. The molecule has 0 saturated carbocycles. The molecule has 0 aliphatic carbocycles. The lowest BCUT2D eigenvalue weighted by Gasteiger charge is -2.14. The molecule has 2 aromatic rings. The largest absolute Gasteiger partial charge is 0.508 e. The van der Waals surface area contributed by atoms with Crippen molar-refractivity contribution in [2.75, 3.05) is 7.11 Å². The summed E-state index contributed by atoms with van der Waals surface area (Å²) < 4.78 is 6.21. The third-order valence-electron chi connectivity index (χ3n) is 2.86. The zero-order valence-electron chi connectivity index (χ0n) is 10.6. The Kier molecular flexibility index (Phi) is 3.74. The predicted octanol–water partition coefficient (Wildman–Crippen LogP) is 0.611. The Balaban J connectivity index is 2.37. The van der Waals surface area contributed by atoms with Gasteiger partial charge in [-0.25, -0.2) is 4.68 Å². The minimum atomic E-state index is -0.346. The molecule has 1 N–H and O–H groups in total. The van der Waals surface area contributed by atoms with Gasteiger partial charge < -0.3 is 9.84 Å². The van der Waals surface area contributed by atoms with Crippen molar-refractivity contribution in [2.45, 2.75) is 12.3 Å². The van der Waals surface area contributed by atoms with E-state index in [1.807, 2.05) is 0 Å². The van der Waals surface area contributed by atoms with Crippen LogP contribution < -0.4 is 0 Å². The predicted molar refractivity (Wildman–Crippen MR) is 65.4 cm³/mol. The van der Waals surface area contributed by atoms with Gasteiger partial charge in [0.2, 0.25) is 0 Å². The van der Waals surface area contributed by atoms with Crippen LogP contribution in [0.2, 0.25) is 0 Å². The number of phenolic OH excluding ortho intramolecular Hbond substituents is 1. The van der Waals surface area contributed by atoms with E-state index in [0.29, 0.717) is 5.82 Å². The molecular formula is C12H14N4O3. The van der Waals surface area contributed by atoms with Crippen molar-refractivity contribution in [3.8, 4) is 5.75 Å². The van der Waals surface area contributed by atoms with Gasteiger partial charge in [0.1, 0.15) is 5.75 Å². The molecule has 1 unspecified atom stereocenters. The van der Waals surface area contributed by atoms with Crippen molar-refractivity contribution in [2.24, 2.45) is 7.05 Å². The first-order valence-electron chi connectivity index (χ1n) is 5.70. The number of hydrogen-bond donors (Lipinski definition) is 1. The Morgan fingerprint density at radius 3 is 2.63 bits per heavy atom. The van der Waals surface area contributed by atoms with Crippen LogP contribution in [0.1, 0.15) is 23.7 Å². The molecular weight excluding hydrogens is 248 g/mol. The maximum absolute atomic E-state index is 11.5. The molecule has 0 fully saturated rings. The smallest absolute Gasteiger partial charge is 0.306 e. The number of methoxy groups -OCH3 is 1. The highest BCUT2D eigenvalue weighted by molar-refractivity contribution is 5.71. The molecule has 0 spiro atoms. The number of carbonyl (C=O) groups excluding carboxylic acids is 1. The lowest BCUT2D eigenvalue weighted by Crippen LogP contribution is -2.14. The molecule has 1 heterocycles. The number of esters is 1. The Bertz CT molecular complexity index is 565. The van der Waals surface area contributed by atoms with Crippen molar-refractivity contribution in [1.82, 2.24) is 20.2 Å². The summed E-state index contributed by atoms with van der Waals surface area (Å²) in [5, 5.41) is 20.6. The number of benzene rings is 1. The summed E-state index contributed by atoms with van der Waals surface area (Å²) in [6.45, 7) is 0. The molecule has 7 nitrogen and oxygen atoms in total. The highest BCUT2D eigenvalue weighted by Gasteiger charge is 2.23. The van der Waals surface area contributed by atoms with Gasteiger partial charge in [0.15, 0.2) is 5.82 Å². The highest BCUT2D eigenvalue weighted by Crippen LogP contribution is 2.27. The number of phenols is 1. The highest BCUT2D eigenvalue weighted by atomic mass is 16.5. The van der Waals surface area contributed by atoms with Crippen LogP contribution in [-0.2, 0) is 16.6 Å². The van der Waals surface area contributed by atoms with E-state index in [4.69, 9.17) is 4.74 Å². The van der Waals surface area contributed by atoms with Gasteiger partial charge in [-0.3, -0.25) is 4.79 Å². The molecule has 100 valence electrons. The number of tetrazole rings is 1. The normalized spacial score (nSPS) is 12.1. The molecule has 7 heteroatoms. The van der Waals surface area contributed by atoms with Gasteiger partial charge in [0.05, 0.1) is 19.4 Å². The quantitative estimate of drug-likeness (QED) is 0.812. The standard InChI is InChI=1S/C12H14N4O3/c1-16-12(13-14-15-16)10(7-11(18)19-2)8-3-5-9(17)6-4-8/h3-6,10,17H,7H2,1-2H3. The van der Waals surface area contributed by atoms with Gasteiger partial charge in [-0.1, -0.05) is 12.1 Å². The second kappa shape index (κ2) is 5.47. The number of aryl methyl sites for hydroxylation is 1. The lowest BCUT2D eigenvalue weighted by molar-refractivity contribution is -0.140. The minimum absolute atomic E-state index is 0.134. The topological polar surface area (TPSA) is 90.1 Å². The molecule has 19 heavy (non-hydrogen) atoms. The van der Waals surface area contributed by atoms with E-state index < -0.39 is 0 Å². The molecule has 0 radical (unpaired) electrons. The number of hydrogen-bond acceptors (Lipinski definition) is 6. The Hall–Kier alpha value is -2.44. The number of aromatic hydroxyl groups is 1. The second-order valence-electron chi connectivity index (χ2n) is 4.09. The van der Waals surface area contributed by atoms with Crippen LogP contribution in [0.5, 0.6) is 5.75 Å². The van der Waals surface area contributed by atoms with Gasteiger partial charge in [-0.2, -0.15) is 0 Å². The fourth-order valence-corrected chi connectivity index (χ4v) is 1.85. The van der Waals surface area contributed by atoms with Crippen LogP contribution >= 0.6 is 0 Å². The lowest BCUT2D eigenvalue weighted by atomic mass is 9.95. The third kappa shape index (κ3) is 2.87. The van der Waals surface area contributed by atoms with E-state index in [2.05, 4.69) is 15.5 Å². The number of rotatable bonds is 4. The first kappa shape index (κ1) is 13.0. The molecule has 0 aliphatic rings. The fraction of sp³-hybridized carbons (Fsp3) is 0.333. The molecule has 1 atom stereocenters. The molecule has 0 aliphatic heterocycles. The number of nitrogens with zero attached hydrogens (tertiary/aromatic N) is 4. The summed E-state index contributed by atoms with van der Waals surface area (Å²) in [7, 11) is 3.05. The van der Waals surface area contributed by atoms with Crippen LogP contribution in [0.4, 0.5) is 0 Å². The van der Waals surface area contributed by atoms with E-state index in [1.54, 1.807) is 31.3 Å². The third-order valence-corrected chi connectivity index (χ3v) is 2.86. The maximum Gasteiger partial charge on any atom is 0.306 e. The molecule has 0 amide bonds. The van der Waals surface area contributed by atoms with E-state index >= 15 is 0 Å². The van der Waals surface area contributed by atoms with Crippen molar-refractivity contribution in [1.29, 1.82) is 0 Å². The summed E-state index contributed by atoms with van der Waals surface area (Å²) in [6, 6.07) is 6.59. The first-order valence-corrected chi connectivity index (χ1v) is 5.70. The Morgan fingerprint density at radius 1 is 1.42 bits per heavy atom. The van der Waals surface area contributed by atoms with Gasteiger partial charge in [0, 0.05) is 7.05 Å². The van der Waals surface area contributed by atoms with E-state index in [0.717, 1.165) is 5.56 Å². The van der Waals surface area contributed by atoms with Gasteiger partial charge >= 0.3 is 5.97 Å². The minimum Gasteiger partial charge on any atom is -0.508 e. The van der Waals surface area contributed by atoms with Crippen molar-refractivity contribution in [3.63, 3.8) is 0 Å². The molecule has 0 bridgehead atoms. The van der Waals surface area contributed by atoms with E-state index in [9.17, 15) is 9.90 Å². The zero-order chi connectivity index (χ0) is 13.8. The molecule has 1 aromatic heterocycles. The summed E-state index contributed by atoms with van der Waals surface area (Å²) in [5.74, 6) is 0.0712. The summed E-state index contributed by atoms with van der Waals surface area (Å²) in [4.78, 5) is 11.5. The van der Waals surface area contributed by atoms with Crippen molar-refractivity contribution < 1.29 is 14.6 Å². The molecule has 1 aromatic carbocycles. The number of aromatic nitrogens is 4. The summed E-state index contributed by atoms with van der Waals surface area (Å²) in [6.07, 6.45) is 0.134. The van der Waals surface area contributed by atoms with E-state index in [1.165, 1.54) is 11.8 Å². The van der Waals surface area contributed by atoms with Crippen LogP contribution in [0, 0.1) is 0 Å². The Morgan fingerprint density at radius 2 is 2.11 bits per heavy atom. The van der Waals surface area contributed by atoms with Crippen molar-refractivity contribution in [3.05, 3.63) is 35.7 Å². The average Bonchev–Trinajstić information content (AvgIpc) is 2.83. The van der Waals surface area contributed by atoms with Crippen LogP contribution in [0.15, 0.2) is 24.3 Å². The van der Waals surface area contributed by atoms with E-state index in [-0.39, 0.29) is 24.1 Å². The fourth-order valence-electron chi connectivity index (χ4n) is 1.85. The molecule has 0 saturated heterocycles. The monoisotopic (exact) mass is 262 g/mol. The zero-order valence-corrected chi connectivity index (χ0v) is 10.6. The first-order chi connectivity index (χ1) is 9.11. The summed E-state index contributed by atoms with van der Waals surface area (Å²) in [5.41, 5.74) is 0.834. The van der Waals surface area contributed by atoms with Crippen molar-refractivity contribution >= 4 is 5.97 Å². The number of ether oxygens (including phenoxy) is 1. The Labute approximate surface area is 109 Å². The SMILES string of the molecule is COC(=O)CC(c1ccc(O)cc1)c1nnnn1C. The van der Waals surface area contributed by atoms with Gasteiger partial charge in [-0.05, 0) is 28.1 Å². The van der Waals surface area contributed by atoms with Gasteiger partial charge in [0.25, 0.3) is 0 Å². The maximum atomic E-state index is 11.5. The van der Waals surface area contributed by atoms with Crippen LogP contribution in [0.25, 0.3) is 0 Å². The van der Waals surface area contributed by atoms with Crippen LogP contribution in [-0.4, -0.2) is 38.4 Å². The molecule has 2 rings (SSSR count). The number of carbonyl (C=O) groups is 1. The summed E-state index contributed by atoms with van der Waals surface area (Å²) >= 11 is 0.